The first-order valence-corrected chi connectivity index (χ1v) is 8.82. The zero-order valence-corrected chi connectivity index (χ0v) is 16.0. The molecule has 0 amide bonds. The van der Waals surface area contributed by atoms with E-state index in [1.807, 2.05) is 52.0 Å². The van der Waals surface area contributed by atoms with Crippen LogP contribution in [0.25, 0.3) is 0 Å². The Hall–Kier alpha value is -1.90. The van der Waals surface area contributed by atoms with Crippen LogP contribution in [-0.2, 0) is 20.9 Å². The molecule has 0 radical (unpaired) electrons. The SMILES string of the molecule is CC(C)NCC(COc1ccc(COCCOC(C)C)cc1)O[N+](=O)[O-]. The van der Waals surface area contributed by atoms with Crippen LogP contribution in [0.2, 0.25) is 0 Å². The molecule has 0 fully saturated rings. The Morgan fingerprint density at radius 1 is 1.12 bits per heavy atom. The first-order chi connectivity index (χ1) is 12.4. The highest BCUT2D eigenvalue weighted by atomic mass is 17.0. The molecule has 8 nitrogen and oxygen atoms in total. The average molecular weight is 370 g/mol. The topological polar surface area (TPSA) is 92.1 Å². The second kappa shape index (κ2) is 12.5. The van der Waals surface area contributed by atoms with Gasteiger partial charge in [-0.25, -0.2) is 0 Å². The standard InChI is InChI=1S/C18H30N2O6/c1-14(2)19-11-18(26-20(21)22)13-25-17-7-5-16(6-8-17)12-23-9-10-24-15(3)4/h5-8,14-15,18-19H,9-13H2,1-4H3. The monoisotopic (exact) mass is 370 g/mol. The van der Waals surface area contributed by atoms with Crippen LogP contribution in [0.4, 0.5) is 0 Å². The maximum atomic E-state index is 10.6. The first kappa shape index (κ1) is 22.1. The Kier molecular flexibility index (Phi) is 10.6. The number of hydrogen-bond donors (Lipinski definition) is 1. The smallest absolute Gasteiger partial charge is 0.294 e. The molecule has 0 saturated carbocycles. The predicted octanol–water partition coefficient (Wildman–Crippen LogP) is 2.58. The second-order valence-electron chi connectivity index (χ2n) is 6.44. The van der Waals surface area contributed by atoms with Crippen molar-refractivity contribution in [2.24, 2.45) is 0 Å². The third-order valence-corrected chi connectivity index (χ3v) is 3.30. The normalized spacial score (nSPS) is 12.4. The third-order valence-electron chi connectivity index (χ3n) is 3.30. The highest BCUT2D eigenvalue weighted by Gasteiger charge is 2.15. The van der Waals surface area contributed by atoms with Crippen molar-refractivity contribution in [3.8, 4) is 5.75 Å². The van der Waals surface area contributed by atoms with Crippen molar-refractivity contribution < 1.29 is 24.1 Å². The summed E-state index contributed by atoms with van der Waals surface area (Å²) < 4.78 is 16.5. The predicted molar refractivity (Wildman–Crippen MR) is 97.7 cm³/mol. The Labute approximate surface area is 154 Å². The summed E-state index contributed by atoms with van der Waals surface area (Å²) in [7, 11) is 0. The van der Waals surface area contributed by atoms with E-state index in [4.69, 9.17) is 14.2 Å². The first-order valence-electron chi connectivity index (χ1n) is 8.82. The number of nitrogens with zero attached hydrogens (tertiary/aromatic N) is 1. The van der Waals surface area contributed by atoms with E-state index in [0.717, 1.165) is 5.56 Å². The van der Waals surface area contributed by atoms with Crippen molar-refractivity contribution >= 4 is 0 Å². The minimum atomic E-state index is -0.792. The van der Waals surface area contributed by atoms with E-state index in [2.05, 4.69) is 10.2 Å². The molecule has 1 N–H and O–H groups in total. The van der Waals surface area contributed by atoms with Crippen molar-refractivity contribution in [2.75, 3.05) is 26.4 Å². The lowest BCUT2D eigenvalue weighted by atomic mass is 10.2. The number of hydrogen-bond acceptors (Lipinski definition) is 7. The van der Waals surface area contributed by atoms with Crippen LogP contribution < -0.4 is 10.1 Å². The molecule has 1 rings (SSSR count). The van der Waals surface area contributed by atoms with Gasteiger partial charge in [0.2, 0.25) is 0 Å². The molecule has 26 heavy (non-hydrogen) atoms. The van der Waals surface area contributed by atoms with Crippen LogP contribution >= 0.6 is 0 Å². The molecular formula is C18H30N2O6. The largest absolute Gasteiger partial charge is 0.491 e. The number of nitrogens with one attached hydrogen (secondary N) is 1. The Balaban J connectivity index is 2.36. The quantitative estimate of drug-likeness (QED) is 0.306. The fourth-order valence-corrected chi connectivity index (χ4v) is 2.02. The summed E-state index contributed by atoms with van der Waals surface area (Å²) in [6, 6.07) is 7.62. The maximum Gasteiger partial charge on any atom is 0.294 e. The van der Waals surface area contributed by atoms with Crippen LogP contribution in [-0.4, -0.2) is 49.7 Å². The molecule has 0 saturated heterocycles. The van der Waals surface area contributed by atoms with Gasteiger partial charge in [0.25, 0.3) is 5.09 Å². The highest BCUT2D eigenvalue weighted by molar-refractivity contribution is 5.26. The zero-order valence-electron chi connectivity index (χ0n) is 16.0. The molecule has 0 bridgehead atoms. The highest BCUT2D eigenvalue weighted by Crippen LogP contribution is 2.13. The van der Waals surface area contributed by atoms with Crippen molar-refractivity contribution in [3.05, 3.63) is 39.9 Å². The van der Waals surface area contributed by atoms with Crippen LogP contribution in [0.5, 0.6) is 5.75 Å². The van der Waals surface area contributed by atoms with E-state index in [1.54, 1.807) is 0 Å². The fourth-order valence-electron chi connectivity index (χ4n) is 2.02. The number of ether oxygens (including phenoxy) is 3. The second-order valence-corrected chi connectivity index (χ2v) is 6.44. The van der Waals surface area contributed by atoms with Gasteiger partial charge in [0.1, 0.15) is 12.4 Å². The summed E-state index contributed by atoms with van der Waals surface area (Å²) in [5.41, 5.74) is 1.02. The van der Waals surface area contributed by atoms with Gasteiger partial charge in [-0.05, 0) is 31.5 Å². The molecular weight excluding hydrogens is 340 g/mol. The Morgan fingerprint density at radius 3 is 2.38 bits per heavy atom. The summed E-state index contributed by atoms with van der Waals surface area (Å²) in [4.78, 5) is 15.2. The molecule has 1 aromatic rings. The number of benzene rings is 1. The molecule has 0 aromatic heterocycles. The minimum absolute atomic E-state index is 0.0864. The van der Waals surface area contributed by atoms with E-state index < -0.39 is 11.2 Å². The lowest BCUT2D eigenvalue weighted by molar-refractivity contribution is -0.768. The molecule has 0 heterocycles. The summed E-state index contributed by atoms with van der Waals surface area (Å²) in [5, 5.41) is 12.9. The van der Waals surface area contributed by atoms with Gasteiger partial charge in [-0.1, -0.05) is 26.0 Å². The lowest BCUT2D eigenvalue weighted by Crippen LogP contribution is -2.38. The van der Waals surface area contributed by atoms with Gasteiger partial charge in [0, 0.05) is 12.6 Å². The molecule has 1 atom stereocenters. The molecule has 0 spiro atoms. The zero-order chi connectivity index (χ0) is 19.4. The van der Waals surface area contributed by atoms with Crippen molar-refractivity contribution in [1.82, 2.24) is 5.32 Å². The van der Waals surface area contributed by atoms with E-state index in [1.165, 1.54) is 0 Å². The van der Waals surface area contributed by atoms with Gasteiger partial charge in [0.05, 0.1) is 25.9 Å². The summed E-state index contributed by atoms with van der Waals surface area (Å²) >= 11 is 0. The van der Waals surface area contributed by atoms with Gasteiger partial charge >= 0.3 is 0 Å². The van der Waals surface area contributed by atoms with Gasteiger partial charge in [-0.3, -0.25) is 0 Å². The fraction of sp³-hybridized carbons (Fsp3) is 0.667. The number of rotatable bonds is 14. The Bertz CT molecular complexity index is 507. The van der Waals surface area contributed by atoms with Gasteiger partial charge in [-0.15, -0.1) is 10.1 Å². The minimum Gasteiger partial charge on any atom is -0.491 e. The third kappa shape index (κ3) is 10.9. The van der Waals surface area contributed by atoms with Crippen LogP contribution in [0, 0.1) is 10.1 Å². The molecule has 0 aliphatic carbocycles. The molecule has 1 unspecified atom stereocenters. The molecule has 148 valence electrons. The maximum absolute atomic E-state index is 10.6. The Morgan fingerprint density at radius 2 is 1.81 bits per heavy atom. The van der Waals surface area contributed by atoms with Crippen molar-refractivity contribution in [1.29, 1.82) is 0 Å². The summed E-state index contributed by atoms with van der Waals surface area (Å²) in [5.74, 6) is 0.624. The molecule has 8 heteroatoms. The van der Waals surface area contributed by atoms with Gasteiger partial charge in [0.15, 0.2) is 6.10 Å². The van der Waals surface area contributed by atoms with Crippen LogP contribution in [0.15, 0.2) is 24.3 Å². The van der Waals surface area contributed by atoms with Crippen molar-refractivity contribution in [2.45, 2.75) is 52.6 Å². The molecule has 0 aliphatic heterocycles. The van der Waals surface area contributed by atoms with Gasteiger partial charge in [-0.2, -0.15) is 0 Å². The summed E-state index contributed by atoms with van der Waals surface area (Å²) in [6.45, 7) is 9.91. The van der Waals surface area contributed by atoms with Crippen LogP contribution in [0.1, 0.15) is 33.3 Å². The van der Waals surface area contributed by atoms with Crippen LogP contribution in [0.3, 0.4) is 0 Å². The molecule has 1 aromatic carbocycles. The molecule has 0 aliphatic rings. The average Bonchev–Trinajstić information content (AvgIpc) is 2.57. The van der Waals surface area contributed by atoms with E-state index in [0.29, 0.717) is 32.1 Å². The van der Waals surface area contributed by atoms with Crippen molar-refractivity contribution in [3.63, 3.8) is 0 Å². The van der Waals surface area contributed by atoms with Gasteiger partial charge < -0.3 is 24.4 Å². The van der Waals surface area contributed by atoms with E-state index in [9.17, 15) is 10.1 Å². The lowest BCUT2D eigenvalue weighted by Gasteiger charge is -2.18. The summed E-state index contributed by atoms with van der Waals surface area (Å²) in [6.07, 6.45) is -0.467. The van der Waals surface area contributed by atoms with E-state index in [-0.39, 0.29) is 18.8 Å². The van der Waals surface area contributed by atoms with E-state index >= 15 is 0 Å².